The van der Waals surface area contributed by atoms with Crippen molar-refractivity contribution in [1.82, 2.24) is 9.62 Å². The lowest BCUT2D eigenvalue weighted by Crippen LogP contribution is -2.41. The van der Waals surface area contributed by atoms with Gasteiger partial charge in [-0.05, 0) is 51.4 Å². The van der Waals surface area contributed by atoms with Crippen molar-refractivity contribution in [3.05, 3.63) is 23.5 Å². The van der Waals surface area contributed by atoms with Crippen LogP contribution in [0.15, 0.2) is 17.0 Å². The Morgan fingerprint density at radius 3 is 2.67 bits per heavy atom. The number of rotatable bonds is 6. The minimum atomic E-state index is -3.90. The van der Waals surface area contributed by atoms with E-state index in [-0.39, 0.29) is 28.7 Å². The topological polar surface area (TPSA) is 75.4 Å². The smallest absolute Gasteiger partial charge is 0.243 e. The van der Waals surface area contributed by atoms with Crippen LogP contribution in [0.5, 0.6) is 0 Å². The van der Waals surface area contributed by atoms with E-state index < -0.39 is 15.8 Å². The first kappa shape index (κ1) is 16.2. The van der Waals surface area contributed by atoms with Crippen LogP contribution in [-0.2, 0) is 10.0 Å². The van der Waals surface area contributed by atoms with Crippen molar-refractivity contribution < 1.29 is 12.8 Å². The maximum absolute atomic E-state index is 14.0. The molecule has 1 unspecified atom stereocenters. The molecule has 1 aliphatic rings. The number of aryl methyl sites for hydroxylation is 1. The van der Waals surface area contributed by atoms with Crippen molar-refractivity contribution in [2.24, 2.45) is 0 Å². The zero-order chi connectivity index (χ0) is 15.8. The molecule has 1 saturated carbocycles. The summed E-state index contributed by atoms with van der Waals surface area (Å²) in [6.45, 7) is 3.68. The van der Waals surface area contributed by atoms with Crippen molar-refractivity contribution >= 4 is 15.7 Å². The third kappa shape index (κ3) is 3.72. The number of nitrogens with one attached hydrogen (secondary N) is 1. The largest absolute Gasteiger partial charge is 0.399 e. The van der Waals surface area contributed by atoms with Crippen LogP contribution < -0.4 is 10.5 Å². The summed E-state index contributed by atoms with van der Waals surface area (Å²) in [6, 6.07) is 3.16. The van der Waals surface area contributed by atoms with Gasteiger partial charge in [-0.2, -0.15) is 0 Å². The van der Waals surface area contributed by atoms with Gasteiger partial charge in [0.1, 0.15) is 10.7 Å². The van der Waals surface area contributed by atoms with Gasteiger partial charge in [-0.15, -0.1) is 0 Å². The van der Waals surface area contributed by atoms with Crippen molar-refractivity contribution in [3.8, 4) is 0 Å². The summed E-state index contributed by atoms with van der Waals surface area (Å²) in [6.07, 6.45) is 2.30. The maximum Gasteiger partial charge on any atom is 0.243 e. The van der Waals surface area contributed by atoms with Crippen LogP contribution in [0.3, 0.4) is 0 Å². The molecule has 0 radical (unpaired) electrons. The number of sulfonamides is 1. The van der Waals surface area contributed by atoms with Crippen LogP contribution in [0, 0.1) is 12.7 Å². The van der Waals surface area contributed by atoms with E-state index in [0.717, 1.165) is 18.9 Å². The quantitative estimate of drug-likeness (QED) is 0.780. The number of nitrogen functional groups attached to an aromatic ring is 1. The zero-order valence-electron chi connectivity index (χ0n) is 12.6. The lowest BCUT2D eigenvalue weighted by atomic mass is 10.2. The van der Waals surface area contributed by atoms with E-state index in [1.807, 2.05) is 14.0 Å². The maximum atomic E-state index is 14.0. The molecule has 2 rings (SSSR count). The highest BCUT2D eigenvalue weighted by atomic mass is 32.2. The molecule has 0 spiro atoms. The van der Waals surface area contributed by atoms with Gasteiger partial charge in [0.2, 0.25) is 10.0 Å². The summed E-state index contributed by atoms with van der Waals surface area (Å²) < 4.78 is 41.0. The fourth-order valence-electron chi connectivity index (χ4n) is 2.25. The molecular formula is C14H22FN3O2S. The van der Waals surface area contributed by atoms with Crippen molar-refractivity contribution in [3.63, 3.8) is 0 Å². The highest BCUT2D eigenvalue weighted by Gasteiger charge is 2.30. The van der Waals surface area contributed by atoms with Crippen LogP contribution >= 0.6 is 0 Å². The van der Waals surface area contributed by atoms with Gasteiger partial charge in [0.25, 0.3) is 0 Å². The first-order valence-corrected chi connectivity index (χ1v) is 8.48. The highest BCUT2D eigenvalue weighted by molar-refractivity contribution is 7.89. The molecule has 1 fully saturated rings. The van der Waals surface area contributed by atoms with Gasteiger partial charge in [0, 0.05) is 24.3 Å². The average molecular weight is 315 g/mol. The molecule has 1 aromatic carbocycles. The van der Waals surface area contributed by atoms with E-state index in [4.69, 9.17) is 5.73 Å². The van der Waals surface area contributed by atoms with Crippen LogP contribution in [0.25, 0.3) is 0 Å². The molecule has 5 nitrogen and oxygen atoms in total. The van der Waals surface area contributed by atoms with Gasteiger partial charge in [0.05, 0.1) is 0 Å². The number of nitrogens with two attached hydrogens (primary N) is 1. The Kier molecular flexibility index (Phi) is 4.55. The van der Waals surface area contributed by atoms with E-state index in [1.165, 1.54) is 13.0 Å². The SMILES string of the molecule is Cc1cc(N)cc(S(=O)(=O)NCC(C)N(C)C2CC2)c1F. The highest BCUT2D eigenvalue weighted by Crippen LogP contribution is 2.27. The predicted molar refractivity (Wildman–Crippen MR) is 81.0 cm³/mol. The molecule has 0 saturated heterocycles. The fourth-order valence-corrected chi connectivity index (χ4v) is 3.56. The fraction of sp³-hybridized carbons (Fsp3) is 0.571. The molecule has 1 aliphatic carbocycles. The van der Waals surface area contributed by atoms with E-state index in [0.29, 0.717) is 6.04 Å². The first-order valence-electron chi connectivity index (χ1n) is 6.99. The summed E-state index contributed by atoms with van der Waals surface area (Å²) >= 11 is 0. The molecule has 0 bridgehead atoms. The molecule has 0 aromatic heterocycles. The molecule has 7 heteroatoms. The number of anilines is 1. The molecule has 1 aromatic rings. The molecule has 1 atom stereocenters. The van der Waals surface area contributed by atoms with Gasteiger partial charge >= 0.3 is 0 Å². The molecule has 118 valence electrons. The standard InChI is InChI=1S/C14H22FN3O2S/c1-9-6-11(16)7-13(14(9)15)21(19,20)17-8-10(2)18(3)12-4-5-12/h6-7,10,12,17H,4-5,8,16H2,1-3H3. The number of hydrogen-bond acceptors (Lipinski definition) is 4. The first-order chi connectivity index (χ1) is 9.72. The lowest BCUT2D eigenvalue weighted by molar-refractivity contribution is 0.248. The molecule has 0 amide bonds. The van der Waals surface area contributed by atoms with Gasteiger partial charge in [-0.1, -0.05) is 0 Å². The Labute approximate surface area is 125 Å². The van der Waals surface area contributed by atoms with Crippen molar-refractivity contribution in [1.29, 1.82) is 0 Å². The summed E-state index contributed by atoms with van der Waals surface area (Å²) in [5.74, 6) is -0.750. The summed E-state index contributed by atoms with van der Waals surface area (Å²) in [5.41, 5.74) is 6.06. The Bertz CT molecular complexity index is 629. The minimum Gasteiger partial charge on any atom is -0.399 e. The van der Waals surface area contributed by atoms with Crippen LogP contribution in [0.4, 0.5) is 10.1 Å². The predicted octanol–water partition coefficient (Wildman–Crippen LogP) is 1.48. The molecule has 3 N–H and O–H groups in total. The second-order valence-corrected chi connectivity index (χ2v) is 7.48. The van der Waals surface area contributed by atoms with Crippen molar-refractivity contribution in [2.45, 2.75) is 43.7 Å². The monoisotopic (exact) mass is 315 g/mol. The van der Waals surface area contributed by atoms with E-state index in [1.54, 1.807) is 0 Å². The van der Waals surface area contributed by atoms with Gasteiger partial charge < -0.3 is 5.73 Å². The van der Waals surface area contributed by atoms with Gasteiger partial charge in [0.15, 0.2) is 0 Å². The second-order valence-electron chi connectivity index (χ2n) is 5.75. The Morgan fingerprint density at radius 2 is 2.10 bits per heavy atom. The Hall–Kier alpha value is -1.18. The number of nitrogens with zero attached hydrogens (tertiary/aromatic N) is 1. The van der Waals surface area contributed by atoms with Crippen molar-refractivity contribution in [2.75, 3.05) is 19.3 Å². The molecule has 0 aliphatic heterocycles. The lowest BCUT2D eigenvalue weighted by Gasteiger charge is -2.24. The Morgan fingerprint density at radius 1 is 1.48 bits per heavy atom. The van der Waals surface area contributed by atoms with Gasteiger partial charge in [-0.3, -0.25) is 4.90 Å². The van der Waals surface area contributed by atoms with Crippen LogP contribution in [-0.4, -0.2) is 39.0 Å². The number of halogens is 1. The second kappa shape index (κ2) is 5.90. The summed E-state index contributed by atoms with van der Waals surface area (Å²) in [4.78, 5) is 1.75. The van der Waals surface area contributed by atoms with E-state index >= 15 is 0 Å². The zero-order valence-corrected chi connectivity index (χ0v) is 13.4. The number of hydrogen-bond donors (Lipinski definition) is 2. The van der Waals surface area contributed by atoms with Crippen LogP contribution in [0.1, 0.15) is 25.3 Å². The molecule has 0 heterocycles. The third-order valence-electron chi connectivity index (χ3n) is 3.92. The number of benzene rings is 1. The van der Waals surface area contributed by atoms with Gasteiger partial charge in [-0.25, -0.2) is 17.5 Å². The average Bonchev–Trinajstić information content (AvgIpc) is 3.23. The normalized spacial score (nSPS) is 17.2. The molecule has 21 heavy (non-hydrogen) atoms. The van der Waals surface area contributed by atoms with Crippen LogP contribution in [0.2, 0.25) is 0 Å². The summed E-state index contributed by atoms with van der Waals surface area (Å²) in [7, 11) is -1.93. The minimum absolute atomic E-state index is 0.0532. The molecular weight excluding hydrogens is 293 g/mol. The summed E-state index contributed by atoms with van der Waals surface area (Å²) in [5, 5.41) is 0. The van der Waals surface area contributed by atoms with E-state index in [2.05, 4.69) is 9.62 Å². The third-order valence-corrected chi connectivity index (χ3v) is 5.34. The number of likely N-dealkylation sites (N-methyl/N-ethyl adjacent to an activating group) is 1. The van der Waals surface area contributed by atoms with E-state index in [9.17, 15) is 12.8 Å². The Balaban J connectivity index is 2.11.